The largest absolute Gasteiger partial charge is 0.341 e. The van der Waals surface area contributed by atoms with E-state index in [9.17, 15) is 9.18 Å². The summed E-state index contributed by atoms with van der Waals surface area (Å²) in [5, 5.41) is 5.83. The van der Waals surface area contributed by atoms with Crippen LogP contribution < -0.4 is 15.5 Å². The summed E-state index contributed by atoms with van der Waals surface area (Å²) in [6.45, 7) is 2.11. The van der Waals surface area contributed by atoms with Gasteiger partial charge in [-0.25, -0.2) is 19.2 Å². The second-order valence-electron chi connectivity index (χ2n) is 6.09. The number of carbonyl (C=O) groups excluding carboxylic acids is 1. The number of benzene rings is 1. The molecule has 1 aliphatic rings. The molecule has 0 radical (unpaired) electrons. The van der Waals surface area contributed by atoms with Crippen LogP contribution in [0.4, 0.5) is 15.1 Å². The fraction of sp³-hybridized carbons (Fsp3) is 0.389. The molecule has 0 bridgehead atoms. The molecule has 1 aromatic carbocycles. The maximum Gasteiger partial charge on any atom is 0.315 e. The van der Waals surface area contributed by atoms with Crippen molar-refractivity contribution in [2.45, 2.75) is 25.3 Å². The average molecular weight is 343 g/mol. The number of rotatable bonds is 5. The quantitative estimate of drug-likeness (QED) is 0.872. The Morgan fingerprint density at radius 2 is 1.96 bits per heavy atom. The predicted octanol–water partition coefficient (Wildman–Crippen LogP) is 2.13. The molecule has 0 aliphatic carbocycles. The summed E-state index contributed by atoms with van der Waals surface area (Å²) in [4.78, 5) is 22.6. The molecule has 2 amide bonds. The van der Waals surface area contributed by atoms with Crippen molar-refractivity contribution < 1.29 is 9.18 Å². The smallest absolute Gasteiger partial charge is 0.315 e. The first-order valence-electron chi connectivity index (χ1n) is 8.51. The molecule has 0 spiro atoms. The Morgan fingerprint density at radius 3 is 2.68 bits per heavy atom. The number of nitrogens with one attached hydrogen (secondary N) is 2. The zero-order valence-electron chi connectivity index (χ0n) is 14.0. The molecule has 1 aromatic heterocycles. The van der Waals surface area contributed by atoms with Crippen molar-refractivity contribution in [3.8, 4) is 0 Å². The number of amides is 2. The van der Waals surface area contributed by atoms with E-state index in [0.29, 0.717) is 13.0 Å². The number of nitrogens with zero attached hydrogens (tertiary/aromatic N) is 3. The first-order chi connectivity index (χ1) is 12.2. The third-order valence-electron chi connectivity index (χ3n) is 4.25. The monoisotopic (exact) mass is 343 g/mol. The zero-order chi connectivity index (χ0) is 17.5. The molecule has 25 heavy (non-hydrogen) atoms. The number of carbonyl (C=O) groups is 1. The Balaban J connectivity index is 1.36. The van der Waals surface area contributed by atoms with Crippen molar-refractivity contribution in [3.05, 3.63) is 54.1 Å². The van der Waals surface area contributed by atoms with E-state index in [-0.39, 0.29) is 17.9 Å². The van der Waals surface area contributed by atoms with Gasteiger partial charge in [-0.2, -0.15) is 0 Å². The van der Waals surface area contributed by atoms with Crippen LogP contribution in [-0.2, 0) is 6.42 Å². The van der Waals surface area contributed by atoms with Crippen LogP contribution in [0.25, 0.3) is 0 Å². The van der Waals surface area contributed by atoms with E-state index >= 15 is 0 Å². The van der Waals surface area contributed by atoms with Crippen LogP contribution in [0.2, 0.25) is 0 Å². The lowest BCUT2D eigenvalue weighted by molar-refractivity contribution is 0.234. The van der Waals surface area contributed by atoms with Crippen LogP contribution in [0, 0.1) is 5.82 Å². The van der Waals surface area contributed by atoms with Gasteiger partial charge < -0.3 is 15.5 Å². The Hall–Kier alpha value is -2.70. The standard InChI is InChI=1S/C18H22FN5O/c19-15-4-1-3-14(13-15)5-10-22-18(25)23-16-6-11-24(12-7-16)17-20-8-2-9-21-17/h1-4,8-9,13,16H,5-7,10-12H2,(H2,22,23,25). The number of hydrogen-bond donors (Lipinski definition) is 2. The molecule has 3 rings (SSSR count). The Labute approximate surface area is 146 Å². The highest BCUT2D eigenvalue weighted by atomic mass is 19.1. The van der Waals surface area contributed by atoms with E-state index in [4.69, 9.17) is 0 Å². The van der Waals surface area contributed by atoms with Gasteiger partial charge in [0.05, 0.1) is 0 Å². The van der Waals surface area contributed by atoms with Crippen molar-refractivity contribution in [3.63, 3.8) is 0 Å². The summed E-state index contributed by atoms with van der Waals surface area (Å²) in [5.41, 5.74) is 0.872. The van der Waals surface area contributed by atoms with E-state index in [1.807, 2.05) is 6.07 Å². The van der Waals surface area contributed by atoms with Crippen molar-refractivity contribution in [2.75, 3.05) is 24.5 Å². The fourth-order valence-corrected chi connectivity index (χ4v) is 2.93. The number of piperidine rings is 1. The molecule has 6 nitrogen and oxygen atoms in total. The number of halogens is 1. The van der Waals surface area contributed by atoms with E-state index in [2.05, 4.69) is 25.5 Å². The predicted molar refractivity (Wildman–Crippen MR) is 93.9 cm³/mol. The van der Waals surface area contributed by atoms with Gasteiger partial charge in [-0.15, -0.1) is 0 Å². The van der Waals surface area contributed by atoms with Crippen molar-refractivity contribution >= 4 is 12.0 Å². The van der Waals surface area contributed by atoms with Gasteiger partial charge in [0, 0.05) is 38.1 Å². The fourth-order valence-electron chi connectivity index (χ4n) is 2.93. The molecular formula is C18H22FN5O. The molecule has 1 fully saturated rings. The average Bonchev–Trinajstić information content (AvgIpc) is 2.63. The van der Waals surface area contributed by atoms with Crippen LogP contribution >= 0.6 is 0 Å². The van der Waals surface area contributed by atoms with Crippen molar-refractivity contribution in [1.29, 1.82) is 0 Å². The lowest BCUT2D eigenvalue weighted by Crippen LogP contribution is -2.48. The summed E-state index contributed by atoms with van der Waals surface area (Å²) >= 11 is 0. The third-order valence-corrected chi connectivity index (χ3v) is 4.25. The van der Waals surface area contributed by atoms with E-state index in [1.54, 1.807) is 24.5 Å². The van der Waals surface area contributed by atoms with Crippen molar-refractivity contribution in [2.24, 2.45) is 0 Å². The summed E-state index contributed by atoms with van der Waals surface area (Å²) < 4.78 is 13.1. The minimum Gasteiger partial charge on any atom is -0.341 e. The minimum absolute atomic E-state index is 0.147. The summed E-state index contributed by atoms with van der Waals surface area (Å²) in [6.07, 6.45) is 5.79. The van der Waals surface area contributed by atoms with Crippen LogP contribution in [0.1, 0.15) is 18.4 Å². The summed E-state index contributed by atoms with van der Waals surface area (Å²) in [7, 11) is 0. The molecule has 1 saturated heterocycles. The second kappa shape index (κ2) is 8.41. The van der Waals surface area contributed by atoms with Gasteiger partial charge in [0.1, 0.15) is 5.82 Å². The maximum absolute atomic E-state index is 13.1. The molecule has 0 unspecified atom stereocenters. The zero-order valence-corrected chi connectivity index (χ0v) is 14.0. The van der Waals surface area contributed by atoms with Gasteiger partial charge in [-0.1, -0.05) is 12.1 Å². The maximum atomic E-state index is 13.1. The van der Waals surface area contributed by atoms with E-state index < -0.39 is 0 Å². The van der Waals surface area contributed by atoms with Crippen LogP contribution in [0.5, 0.6) is 0 Å². The molecule has 2 aromatic rings. The van der Waals surface area contributed by atoms with E-state index in [1.165, 1.54) is 12.1 Å². The summed E-state index contributed by atoms with van der Waals surface area (Å²) in [6, 6.07) is 8.20. The number of hydrogen-bond acceptors (Lipinski definition) is 4. The van der Waals surface area contributed by atoms with Gasteiger partial charge >= 0.3 is 6.03 Å². The van der Waals surface area contributed by atoms with Gasteiger partial charge in [0.25, 0.3) is 0 Å². The van der Waals surface area contributed by atoms with Crippen LogP contribution in [0.15, 0.2) is 42.7 Å². The Morgan fingerprint density at radius 1 is 1.20 bits per heavy atom. The first-order valence-corrected chi connectivity index (χ1v) is 8.51. The first kappa shape index (κ1) is 17.1. The minimum atomic E-state index is -0.254. The van der Waals surface area contributed by atoms with Gasteiger partial charge in [-0.05, 0) is 43.0 Å². The summed E-state index contributed by atoms with van der Waals surface area (Å²) in [5.74, 6) is 0.483. The third kappa shape index (κ3) is 5.14. The Kier molecular flexibility index (Phi) is 5.77. The van der Waals surface area contributed by atoms with E-state index in [0.717, 1.165) is 37.4 Å². The normalized spacial score (nSPS) is 15.0. The van der Waals surface area contributed by atoms with Gasteiger partial charge in [0.2, 0.25) is 5.95 Å². The molecule has 0 saturated carbocycles. The molecule has 7 heteroatoms. The molecule has 132 valence electrons. The van der Waals surface area contributed by atoms with Gasteiger partial charge in [-0.3, -0.25) is 0 Å². The lowest BCUT2D eigenvalue weighted by Gasteiger charge is -2.32. The second-order valence-corrected chi connectivity index (χ2v) is 6.09. The molecular weight excluding hydrogens is 321 g/mol. The topological polar surface area (TPSA) is 70.2 Å². The molecule has 2 heterocycles. The molecule has 0 atom stereocenters. The lowest BCUT2D eigenvalue weighted by atomic mass is 10.1. The molecule has 1 aliphatic heterocycles. The number of urea groups is 1. The SMILES string of the molecule is O=C(NCCc1cccc(F)c1)NC1CCN(c2ncccn2)CC1. The number of anilines is 1. The number of aromatic nitrogens is 2. The van der Waals surface area contributed by atoms with Crippen molar-refractivity contribution in [1.82, 2.24) is 20.6 Å². The molecule has 2 N–H and O–H groups in total. The highest BCUT2D eigenvalue weighted by molar-refractivity contribution is 5.74. The highest BCUT2D eigenvalue weighted by Gasteiger charge is 2.21. The Bertz CT molecular complexity index is 689. The highest BCUT2D eigenvalue weighted by Crippen LogP contribution is 2.15. The van der Waals surface area contributed by atoms with Crippen LogP contribution in [-0.4, -0.2) is 41.7 Å². The van der Waals surface area contributed by atoms with Crippen LogP contribution in [0.3, 0.4) is 0 Å². The van der Waals surface area contributed by atoms with Gasteiger partial charge in [0.15, 0.2) is 0 Å².